The third kappa shape index (κ3) is 2.69. The summed E-state index contributed by atoms with van der Waals surface area (Å²) in [7, 11) is 0. The van der Waals surface area contributed by atoms with Crippen molar-refractivity contribution in [2.45, 2.75) is 39.2 Å². The molecule has 2 aromatic heterocycles. The van der Waals surface area contributed by atoms with Crippen molar-refractivity contribution < 1.29 is 4.79 Å². The average Bonchev–Trinajstić information content (AvgIpc) is 3.31. The third-order valence-corrected chi connectivity index (χ3v) is 6.18. The van der Waals surface area contributed by atoms with E-state index in [4.69, 9.17) is 9.97 Å². The lowest BCUT2D eigenvalue weighted by molar-refractivity contribution is 0.0973. The topological polar surface area (TPSA) is 47.8 Å². The minimum absolute atomic E-state index is 0.0580. The minimum Gasteiger partial charge on any atom is -0.323 e. The van der Waals surface area contributed by atoms with Gasteiger partial charge < -0.3 is 4.57 Å². The lowest BCUT2D eigenvalue weighted by Gasteiger charge is -2.16. The van der Waals surface area contributed by atoms with Gasteiger partial charge in [-0.15, -0.1) is 11.3 Å². The molecule has 0 bridgehead atoms. The van der Waals surface area contributed by atoms with Gasteiger partial charge in [-0.1, -0.05) is 51.1 Å². The third-order valence-electron chi connectivity index (χ3n) is 5.29. The fraction of sp³-hybridized carbons (Fsp3) is 0.261. The molecule has 0 amide bonds. The van der Waals surface area contributed by atoms with Crippen LogP contribution >= 0.6 is 11.3 Å². The number of ketones is 1. The summed E-state index contributed by atoms with van der Waals surface area (Å²) in [6.45, 7) is 7.23. The molecule has 0 fully saturated rings. The summed E-state index contributed by atoms with van der Waals surface area (Å²) in [6, 6.07) is 14.2. The standard InChI is InChI=1S/C23H21N3OS/c1-23(2,3)19-13-28-22(25-19)15-9-7-14(8-10-15)21-24-17-6-4-5-16-18(27)11-12-26(21)20(16)17/h4-10,13H,11-12H2,1-3H3. The number of para-hydroxylation sites is 1. The number of carbonyl (C=O) groups excluding carboxylic acids is 1. The van der Waals surface area contributed by atoms with Crippen LogP contribution in [0.1, 0.15) is 43.2 Å². The Kier molecular flexibility index (Phi) is 3.78. The number of thiazole rings is 1. The number of Topliss-reactive ketones (excluding diaryl/α,β-unsaturated/α-hetero) is 1. The van der Waals surface area contributed by atoms with Crippen molar-refractivity contribution in [3.63, 3.8) is 0 Å². The molecule has 3 heterocycles. The molecule has 0 radical (unpaired) electrons. The van der Waals surface area contributed by atoms with Crippen molar-refractivity contribution in [2.24, 2.45) is 0 Å². The second kappa shape index (κ2) is 6.11. The Morgan fingerprint density at radius 3 is 2.46 bits per heavy atom. The fourth-order valence-electron chi connectivity index (χ4n) is 3.71. The van der Waals surface area contributed by atoms with Crippen molar-refractivity contribution in [3.05, 3.63) is 59.1 Å². The molecule has 0 unspecified atom stereocenters. The monoisotopic (exact) mass is 387 g/mol. The molecule has 1 aliphatic heterocycles. The summed E-state index contributed by atoms with van der Waals surface area (Å²) in [5.41, 5.74) is 6.01. The number of rotatable bonds is 2. The van der Waals surface area contributed by atoms with Gasteiger partial charge in [0.25, 0.3) is 0 Å². The number of benzene rings is 2. The fourth-order valence-corrected chi connectivity index (χ4v) is 4.76. The Hall–Kier alpha value is -2.79. The van der Waals surface area contributed by atoms with Crippen LogP contribution in [0, 0.1) is 0 Å². The van der Waals surface area contributed by atoms with Crippen molar-refractivity contribution in [2.75, 3.05) is 0 Å². The smallest absolute Gasteiger partial charge is 0.166 e. The van der Waals surface area contributed by atoms with E-state index in [9.17, 15) is 4.79 Å². The van der Waals surface area contributed by atoms with Gasteiger partial charge in [0.05, 0.1) is 16.7 Å². The highest BCUT2D eigenvalue weighted by Crippen LogP contribution is 2.33. The Bertz CT molecular complexity index is 1210. The van der Waals surface area contributed by atoms with Gasteiger partial charge >= 0.3 is 0 Å². The number of imidazole rings is 1. The highest BCUT2D eigenvalue weighted by Gasteiger charge is 2.23. The molecule has 0 spiro atoms. The van der Waals surface area contributed by atoms with Crippen molar-refractivity contribution in [1.82, 2.24) is 14.5 Å². The van der Waals surface area contributed by atoms with E-state index in [1.54, 1.807) is 11.3 Å². The lowest BCUT2D eigenvalue weighted by atomic mass is 9.93. The lowest BCUT2D eigenvalue weighted by Crippen LogP contribution is -2.14. The summed E-state index contributed by atoms with van der Waals surface area (Å²) < 4.78 is 2.18. The van der Waals surface area contributed by atoms with E-state index in [-0.39, 0.29) is 11.2 Å². The summed E-state index contributed by atoms with van der Waals surface area (Å²) >= 11 is 1.68. The molecule has 2 aromatic carbocycles. The van der Waals surface area contributed by atoms with Crippen LogP contribution in [0.5, 0.6) is 0 Å². The van der Waals surface area contributed by atoms with E-state index in [1.165, 1.54) is 0 Å². The second-order valence-corrected chi connectivity index (χ2v) is 9.16. The van der Waals surface area contributed by atoms with E-state index >= 15 is 0 Å². The van der Waals surface area contributed by atoms with E-state index in [1.807, 2.05) is 18.2 Å². The first-order valence-corrected chi connectivity index (χ1v) is 10.4. The molecule has 1 aliphatic rings. The maximum Gasteiger partial charge on any atom is 0.166 e. The highest BCUT2D eigenvalue weighted by atomic mass is 32.1. The van der Waals surface area contributed by atoms with Gasteiger partial charge in [-0.2, -0.15) is 0 Å². The highest BCUT2D eigenvalue weighted by molar-refractivity contribution is 7.13. The van der Waals surface area contributed by atoms with E-state index in [0.29, 0.717) is 13.0 Å². The number of aryl methyl sites for hydroxylation is 1. The first-order valence-electron chi connectivity index (χ1n) is 9.51. The molecule has 0 saturated heterocycles. The zero-order valence-electron chi connectivity index (χ0n) is 16.2. The zero-order chi connectivity index (χ0) is 19.5. The van der Waals surface area contributed by atoms with Crippen LogP contribution in [0.4, 0.5) is 0 Å². The molecule has 5 heteroatoms. The van der Waals surface area contributed by atoms with Gasteiger partial charge in [0.15, 0.2) is 5.78 Å². The summed E-state index contributed by atoms with van der Waals surface area (Å²) in [4.78, 5) is 21.9. The second-order valence-electron chi connectivity index (χ2n) is 8.30. The van der Waals surface area contributed by atoms with E-state index in [2.05, 4.69) is 55.0 Å². The van der Waals surface area contributed by atoms with Gasteiger partial charge in [-0.05, 0) is 12.1 Å². The zero-order valence-corrected chi connectivity index (χ0v) is 17.0. The number of aromatic nitrogens is 3. The van der Waals surface area contributed by atoms with Crippen LogP contribution in [0.2, 0.25) is 0 Å². The summed E-state index contributed by atoms with van der Waals surface area (Å²) in [5, 5.41) is 3.19. The number of hydrogen-bond donors (Lipinski definition) is 0. The summed E-state index contributed by atoms with van der Waals surface area (Å²) in [5.74, 6) is 1.13. The first kappa shape index (κ1) is 17.3. The Labute approximate surface area is 167 Å². The van der Waals surface area contributed by atoms with Crippen LogP contribution in [0.3, 0.4) is 0 Å². The number of hydrogen-bond acceptors (Lipinski definition) is 4. The quantitative estimate of drug-likeness (QED) is 0.442. The van der Waals surface area contributed by atoms with E-state index in [0.717, 1.165) is 44.2 Å². The van der Waals surface area contributed by atoms with Gasteiger partial charge in [0.2, 0.25) is 0 Å². The first-order chi connectivity index (χ1) is 13.4. The maximum absolute atomic E-state index is 12.2. The molecule has 0 aliphatic carbocycles. The Morgan fingerprint density at radius 2 is 1.75 bits per heavy atom. The van der Waals surface area contributed by atoms with Crippen LogP contribution < -0.4 is 0 Å². The van der Waals surface area contributed by atoms with Crippen molar-refractivity contribution >= 4 is 28.2 Å². The Balaban J connectivity index is 1.55. The molecular weight excluding hydrogens is 366 g/mol. The normalized spacial score (nSPS) is 14.0. The van der Waals surface area contributed by atoms with Gasteiger partial charge in [-0.25, -0.2) is 9.97 Å². The predicted molar refractivity (Wildman–Crippen MR) is 114 cm³/mol. The van der Waals surface area contributed by atoms with Gasteiger partial charge in [0.1, 0.15) is 10.8 Å². The van der Waals surface area contributed by atoms with Gasteiger partial charge in [0, 0.05) is 40.5 Å². The average molecular weight is 388 g/mol. The van der Waals surface area contributed by atoms with Crippen LogP contribution in [0.25, 0.3) is 33.0 Å². The summed E-state index contributed by atoms with van der Waals surface area (Å²) in [6.07, 6.45) is 0.530. The van der Waals surface area contributed by atoms with Crippen LogP contribution in [-0.2, 0) is 12.0 Å². The molecular formula is C23H21N3OS. The van der Waals surface area contributed by atoms with Crippen LogP contribution in [0.15, 0.2) is 47.8 Å². The molecule has 4 nitrogen and oxygen atoms in total. The molecule has 28 heavy (non-hydrogen) atoms. The Morgan fingerprint density at radius 1 is 1.00 bits per heavy atom. The predicted octanol–water partition coefficient (Wildman–Crippen LogP) is 5.71. The number of nitrogens with zero attached hydrogens (tertiary/aromatic N) is 3. The molecule has 4 aromatic rings. The molecule has 0 saturated carbocycles. The molecule has 5 rings (SSSR count). The largest absolute Gasteiger partial charge is 0.323 e. The molecule has 140 valence electrons. The van der Waals surface area contributed by atoms with E-state index < -0.39 is 0 Å². The SMILES string of the molecule is CC(C)(C)c1csc(-c2ccc(-c3nc4cccc5c4n3CCC5=O)cc2)n1. The maximum atomic E-state index is 12.2. The van der Waals surface area contributed by atoms with Crippen LogP contribution in [-0.4, -0.2) is 20.3 Å². The van der Waals surface area contributed by atoms with Crippen molar-refractivity contribution in [3.8, 4) is 22.0 Å². The number of carbonyl (C=O) groups is 1. The molecule has 0 N–H and O–H groups in total. The molecule has 0 atom stereocenters. The van der Waals surface area contributed by atoms with Gasteiger partial charge in [-0.3, -0.25) is 4.79 Å². The minimum atomic E-state index is 0.0580. The van der Waals surface area contributed by atoms with Crippen molar-refractivity contribution in [1.29, 1.82) is 0 Å².